The van der Waals surface area contributed by atoms with Gasteiger partial charge in [-0.25, -0.2) is 4.79 Å². The molecule has 0 saturated carbocycles. The van der Waals surface area contributed by atoms with Gasteiger partial charge < -0.3 is 15.4 Å². The van der Waals surface area contributed by atoms with Gasteiger partial charge in [0, 0.05) is 18.2 Å². The molecule has 1 aromatic rings. The second kappa shape index (κ2) is 4.65. The van der Waals surface area contributed by atoms with E-state index in [2.05, 4.69) is 0 Å². The highest BCUT2D eigenvalue weighted by molar-refractivity contribution is 5.70. The van der Waals surface area contributed by atoms with Crippen LogP contribution >= 0.6 is 0 Å². The molecule has 0 aliphatic carbocycles. The summed E-state index contributed by atoms with van der Waals surface area (Å²) in [6.07, 6.45) is 0.490. The molecule has 1 unspecified atom stereocenters. The van der Waals surface area contributed by atoms with Gasteiger partial charge >= 0.3 is 6.09 Å². The van der Waals surface area contributed by atoms with Crippen molar-refractivity contribution in [2.75, 3.05) is 12.3 Å². The molecule has 92 valence electrons. The summed E-state index contributed by atoms with van der Waals surface area (Å²) >= 11 is 0. The van der Waals surface area contributed by atoms with Crippen molar-refractivity contribution in [1.29, 1.82) is 0 Å². The number of nitrogens with two attached hydrogens (primary N) is 1. The predicted octanol–water partition coefficient (Wildman–Crippen LogP) is 2.04. The van der Waals surface area contributed by atoms with Gasteiger partial charge in [-0.05, 0) is 31.5 Å². The summed E-state index contributed by atoms with van der Waals surface area (Å²) in [4.78, 5) is 13.3. The van der Waals surface area contributed by atoms with Crippen LogP contribution in [0.1, 0.15) is 19.4 Å². The largest absolute Gasteiger partial charge is 0.444 e. The lowest BCUT2D eigenvalue weighted by molar-refractivity contribution is 0.129. The van der Waals surface area contributed by atoms with E-state index >= 15 is 0 Å². The maximum absolute atomic E-state index is 11.6. The fourth-order valence-corrected chi connectivity index (χ4v) is 1.99. The quantitative estimate of drug-likeness (QED) is 0.814. The predicted molar refractivity (Wildman–Crippen MR) is 66.7 cm³/mol. The van der Waals surface area contributed by atoms with Crippen LogP contribution in [0.3, 0.4) is 0 Å². The number of ether oxygens (including phenoxy) is 1. The van der Waals surface area contributed by atoms with Gasteiger partial charge in [0.25, 0.3) is 0 Å². The summed E-state index contributed by atoms with van der Waals surface area (Å²) in [5.74, 6) is 0. The number of hydrogen-bond acceptors (Lipinski definition) is 3. The van der Waals surface area contributed by atoms with Crippen molar-refractivity contribution < 1.29 is 9.53 Å². The maximum Gasteiger partial charge on any atom is 0.410 e. The van der Waals surface area contributed by atoms with Crippen molar-refractivity contribution in [3.05, 3.63) is 29.8 Å². The molecule has 4 nitrogen and oxygen atoms in total. The number of cyclic esters (lactones) is 1. The van der Waals surface area contributed by atoms with Crippen molar-refractivity contribution in [1.82, 2.24) is 4.90 Å². The standard InChI is InChI=1S/C13H18N2O2/c1-9(2)15-8-12(17-13(15)16)7-10-3-5-11(14)6-4-10/h3-6,9,12H,7-8,14H2,1-2H3. The molecule has 0 spiro atoms. The number of benzene rings is 1. The number of rotatable bonds is 3. The summed E-state index contributed by atoms with van der Waals surface area (Å²) in [6.45, 7) is 4.65. The van der Waals surface area contributed by atoms with Crippen molar-refractivity contribution in [2.24, 2.45) is 0 Å². The molecule has 1 amide bonds. The molecule has 1 fully saturated rings. The highest BCUT2D eigenvalue weighted by atomic mass is 16.6. The van der Waals surface area contributed by atoms with Crippen LogP contribution in [0.4, 0.5) is 10.5 Å². The Morgan fingerprint density at radius 2 is 2.06 bits per heavy atom. The second-order valence-corrected chi connectivity index (χ2v) is 4.70. The Morgan fingerprint density at radius 1 is 1.41 bits per heavy atom. The van der Waals surface area contributed by atoms with Crippen LogP contribution in [0.5, 0.6) is 0 Å². The fraction of sp³-hybridized carbons (Fsp3) is 0.462. The minimum atomic E-state index is -0.208. The van der Waals surface area contributed by atoms with E-state index in [1.807, 2.05) is 38.1 Å². The van der Waals surface area contributed by atoms with Crippen LogP contribution < -0.4 is 5.73 Å². The van der Waals surface area contributed by atoms with Crippen molar-refractivity contribution in [3.8, 4) is 0 Å². The molecule has 17 heavy (non-hydrogen) atoms. The summed E-state index contributed by atoms with van der Waals surface area (Å²) in [7, 11) is 0. The van der Waals surface area contributed by atoms with Gasteiger partial charge in [0.1, 0.15) is 6.10 Å². The molecule has 1 aliphatic heterocycles. The zero-order chi connectivity index (χ0) is 12.4. The Labute approximate surface area is 101 Å². The molecular weight excluding hydrogens is 216 g/mol. The molecule has 1 aromatic carbocycles. The Hall–Kier alpha value is -1.71. The molecule has 4 heteroatoms. The molecule has 0 aromatic heterocycles. The molecule has 0 bridgehead atoms. The highest BCUT2D eigenvalue weighted by Crippen LogP contribution is 2.18. The maximum atomic E-state index is 11.6. The molecular formula is C13H18N2O2. The summed E-state index contributed by atoms with van der Waals surface area (Å²) in [6, 6.07) is 7.88. The zero-order valence-electron chi connectivity index (χ0n) is 10.2. The topological polar surface area (TPSA) is 55.6 Å². The third-order valence-electron chi connectivity index (χ3n) is 2.97. The Morgan fingerprint density at radius 3 is 2.59 bits per heavy atom. The van der Waals surface area contributed by atoms with E-state index in [4.69, 9.17) is 10.5 Å². The van der Waals surface area contributed by atoms with Gasteiger partial charge in [-0.1, -0.05) is 12.1 Å². The molecule has 1 atom stereocenters. The van der Waals surface area contributed by atoms with Crippen LogP contribution in [0, 0.1) is 0 Å². The van der Waals surface area contributed by atoms with Crippen LogP contribution in [-0.2, 0) is 11.2 Å². The van der Waals surface area contributed by atoms with E-state index in [0.717, 1.165) is 17.7 Å². The Bertz CT molecular complexity index is 400. The smallest absolute Gasteiger partial charge is 0.410 e. The van der Waals surface area contributed by atoms with Crippen molar-refractivity contribution >= 4 is 11.8 Å². The fourth-order valence-electron chi connectivity index (χ4n) is 1.99. The summed E-state index contributed by atoms with van der Waals surface area (Å²) in [5, 5.41) is 0. The van der Waals surface area contributed by atoms with Gasteiger partial charge in [-0.2, -0.15) is 0 Å². The van der Waals surface area contributed by atoms with E-state index in [1.54, 1.807) is 4.90 Å². The van der Waals surface area contributed by atoms with Crippen LogP contribution in [0.15, 0.2) is 24.3 Å². The van der Waals surface area contributed by atoms with E-state index in [9.17, 15) is 4.79 Å². The van der Waals surface area contributed by atoms with E-state index in [-0.39, 0.29) is 18.2 Å². The normalized spacial score (nSPS) is 19.8. The van der Waals surface area contributed by atoms with Crippen molar-refractivity contribution in [2.45, 2.75) is 32.4 Å². The number of carbonyl (C=O) groups is 1. The number of amides is 1. The average molecular weight is 234 g/mol. The van der Waals surface area contributed by atoms with Crippen LogP contribution in [0.25, 0.3) is 0 Å². The second-order valence-electron chi connectivity index (χ2n) is 4.70. The zero-order valence-corrected chi connectivity index (χ0v) is 10.2. The third-order valence-corrected chi connectivity index (χ3v) is 2.97. The first-order valence-electron chi connectivity index (χ1n) is 5.88. The number of carbonyl (C=O) groups excluding carboxylic acids is 1. The molecule has 2 rings (SSSR count). The number of nitrogens with zero attached hydrogens (tertiary/aromatic N) is 1. The highest BCUT2D eigenvalue weighted by Gasteiger charge is 2.32. The van der Waals surface area contributed by atoms with E-state index in [1.165, 1.54) is 0 Å². The number of hydrogen-bond donors (Lipinski definition) is 1. The number of nitrogen functional groups attached to an aromatic ring is 1. The van der Waals surface area contributed by atoms with Gasteiger partial charge in [-0.15, -0.1) is 0 Å². The SMILES string of the molecule is CC(C)N1CC(Cc2ccc(N)cc2)OC1=O. The molecule has 1 heterocycles. The summed E-state index contributed by atoms with van der Waals surface area (Å²) in [5.41, 5.74) is 7.52. The minimum Gasteiger partial charge on any atom is -0.444 e. The van der Waals surface area contributed by atoms with E-state index < -0.39 is 0 Å². The molecule has 1 aliphatic rings. The van der Waals surface area contributed by atoms with Gasteiger partial charge in [0.2, 0.25) is 0 Å². The molecule has 2 N–H and O–H groups in total. The Balaban J connectivity index is 1.97. The molecule has 1 saturated heterocycles. The first-order chi connectivity index (χ1) is 8.06. The van der Waals surface area contributed by atoms with Crippen molar-refractivity contribution in [3.63, 3.8) is 0 Å². The molecule has 0 radical (unpaired) electrons. The van der Waals surface area contributed by atoms with Crippen LogP contribution in [-0.4, -0.2) is 29.7 Å². The van der Waals surface area contributed by atoms with Gasteiger partial charge in [-0.3, -0.25) is 0 Å². The van der Waals surface area contributed by atoms with Gasteiger partial charge in [0.05, 0.1) is 6.54 Å². The van der Waals surface area contributed by atoms with E-state index in [0.29, 0.717) is 6.54 Å². The third kappa shape index (κ3) is 2.70. The monoisotopic (exact) mass is 234 g/mol. The number of anilines is 1. The lowest BCUT2D eigenvalue weighted by Gasteiger charge is -2.16. The first kappa shape index (κ1) is 11.8. The van der Waals surface area contributed by atoms with Crippen LogP contribution in [0.2, 0.25) is 0 Å². The lowest BCUT2D eigenvalue weighted by Crippen LogP contribution is -2.32. The lowest BCUT2D eigenvalue weighted by atomic mass is 10.1. The summed E-state index contributed by atoms with van der Waals surface area (Å²) < 4.78 is 5.33. The first-order valence-corrected chi connectivity index (χ1v) is 5.88. The van der Waals surface area contributed by atoms with Gasteiger partial charge in [0.15, 0.2) is 0 Å². The average Bonchev–Trinajstić information content (AvgIpc) is 2.63. The minimum absolute atomic E-state index is 0.0477. The Kier molecular flexibility index (Phi) is 3.22.